The molecule has 33 heavy (non-hydrogen) atoms. The average Bonchev–Trinajstić information content (AvgIpc) is 3.56. The highest BCUT2D eigenvalue weighted by atomic mass is 16.7. The Morgan fingerprint density at radius 1 is 1.24 bits per heavy atom. The van der Waals surface area contributed by atoms with Gasteiger partial charge in [0.05, 0.1) is 23.9 Å². The first-order valence-corrected chi connectivity index (χ1v) is 11.8. The second kappa shape index (κ2) is 7.15. The Labute approximate surface area is 193 Å². The maximum absolute atomic E-state index is 12.9. The number of ether oxygens (including phenoxy) is 5. The molecule has 5 aliphatic rings. The van der Waals surface area contributed by atoms with Crippen molar-refractivity contribution in [1.29, 1.82) is 0 Å². The molecule has 1 saturated carbocycles. The molecule has 0 spiro atoms. The van der Waals surface area contributed by atoms with E-state index < -0.39 is 47.4 Å². The molecule has 0 aromatic carbocycles. The van der Waals surface area contributed by atoms with E-state index in [9.17, 15) is 14.4 Å². The van der Waals surface area contributed by atoms with Crippen LogP contribution in [0.15, 0.2) is 23.3 Å². The van der Waals surface area contributed by atoms with Crippen molar-refractivity contribution in [3.8, 4) is 0 Å². The molecule has 3 saturated heterocycles. The average molecular weight is 461 g/mol. The van der Waals surface area contributed by atoms with Gasteiger partial charge in [-0.05, 0) is 39.7 Å². The Balaban J connectivity index is 1.51. The highest BCUT2D eigenvalue weighted by Gasteiger charge is 2.75. The van der Waals surface area contributed by atoms with E-state index in [1.54, 1.807) is 6.92 Å². The molecule has 180 valence electrons. The summed E-state index contributed by atoms with van der Waals surface area (Å²) in [7, 11) is 0. The van der Waals surface area contributed by atoms with Crippen molar-refractivity contribution in [3.63, 3.8) is 0 Å². The fraction of sp³-hybridized carbons (Fsp3) is 0.720. The zero-order valence-corrected chi connectivity index (χ0v) is 20.0. The van der Waals surface area contributed by atoms with Crippen molar-refractivity contribution in [1.82, 2.24) is 0 Å². The van der Waals surface area contributed by atoms with E-state index in [0.717, 1.165) is 11.1 Å². The number of hydrogen-bond acceptors (Lipinski definition) is 8. The molecule has 0 aromatic rings. The van der Waals surface area contributed by atoms with E-state index in [0.29, 0.717) is 18.4 Å². The molecular weight excluding hydrogens is 428 g/mol. The smallest absolute Gasteiger partial charge is 0.341 e. The molecule has 0 amide bonds. The van der Waals surface area contributed by atoms with Crippen LogP contribution < -0.4 is 0 Å². The minimum atomic E-state index is -0.978. The Hall–Kier alpha value is -2.19. The number of esters is 3. The van der Waals surface area contributed by atoms with Gasteiger partial charge in [0.1, 0.15) is 23.9 Å². The van der Waals surface area contributed by atoms with Crippen molar-refractivity contribution >= 4 is 17.9 Å². The van der Waals surface area contributed by atoms with Gasteiger partial charge in [0.2, 0.25) is 0 Å². The Morgan fingerprint density at radius 2 is 1.91 bits per heavy atom. The molecule has 4 fully saturated rings. The number of fused-ring (bicyclic) bond motifs is 5. The van der Waals surface area contributed by atoms with Crippen LogP contribution >= 0.6 is 0 Å². The molecule has 0 N–H and O–H groups in total. The topological polar surface area (TPSA) is 104 Å². The van der Waals surface area contributed by atoms with Crippen LogP contribution in [-0.2, 0) is 38.1 Å². The highest BCUT2D eigenvalue weighted by Crippen LogP contribution is 2.63. The lowest BCUT2D eigenvalue weighted by Gasteiger charge is -2.30. The lowest BCUT2D eigenvalue weighted by Crippen LogP contribution is -2.41. The predicted octanol–water partition coefficient (Wildman–Crippen LogP) is 2.64. The highest BCUT2D eigenvalue weighted by molar-refractivity contribution is 5.91. The molecule has 5 rings (SSSR count). The fourth-order valence-electron chi connectivity index (χ4n) is 5.83. The van der Waals surface area contributed by atoms with E-state index in [1.165, 1.54) is 0 Å². The van der Waals surface area contributed by atoms with Crippen molar-refractivity contribution in [2.75, 3.05) is 0 Å². The summed E-state index contributed by atoms with van der Waals surface area (Å²) in [5.74, 6) is -2.27. The monoisotopic (exact) mass is 460 g/mol. The minimum absolute atomic E-state index is 0.223. The molecule has 2 aliphatic carbocycles. The molecule has 0 aromatic heterocycles. The molecule has 0 radical (unpaired) electrons. The molecule has 8 nitrogen and oxygen atoms in total. The first kappa shape index (κ1) is 22.6. The van der Waals surface area contributed by atoms with Gasteiger partial charge in [-0.15, -0.1) is 0 Å². The number of carbonyl (C=O) groups is 3. The lowest BCUT2D eigenvalue weighted by molar-refractivity contribution is -0.159. The third-order valence-electron chi connectivity index (χ3n) is 8.48. The summed E-state index contributed by atoms with van der Waals surface area (Å²) in [5, 5.41) is 0. The van der Waals surface area contributed by atoms with Gasteiger partial charge in [0, 0.05) is 12.0 Å². The number of epoxide rings is 2. The maximum atomic E-state index is 12.9. The van der Waals surface area contributed by atoms with E-state index >= 15 is 0 Å². The van der Waals surface area contributed by atoms with Crippen LogP contribution in [0.1, 0.15) is 54.4 Å². The summed E-state index contributed by atoms with van der Waals surface area (Å²) in [4.78, 5) is 38.2. The van der Waals surface area contributed by atoms with Gasteiger partial charge in [-0.1, -0.05) is 26.0 Å². The Bertz CT molecular complexity index is 983. The van der Waals surface area contributed by atoms with Crippen molar-refractivity contribution < 1.29 is 38.1 Å². The number of carbonyl (C=O) groups excluding carboxylic acids is 3. The SMILES string of the molecule is C=C1C(=O)O[C@H]2[C@H]1[C@H](OC(=O)[C@]1(C)O[C@H]1C)CC(C)=C1[C@@H](OC(=O)[C@@H](C)CC)[C@H]3O[C@@]3(C)[C@@H]12. The summed E-state index contributed by atoms with van der Waals surface area (Å²) < 4.78 is 29.2. The molecule has 0 bridgehead atoms. The van der Waals surface area contributed by atoms with E-state index in [4.69, 9.17) is 23.7 Å². The van der Waals surface area contributed by atoms with E-state index in [-0.39, 0.29) is 30.0 Å². The third-order valence-corrected chi connectivity index (χ3v) is 8.48. The van der Waals surface area contributed by atoms with Crippen LogP contribution in [0, 0.1) is 17.8 Å². The summed E-state index contributed by atoms with van der Waals surface area (Å²) in [6.07, 6.45) is -1.24. The Kier molecular flexibility index (Phi) is 4.90. The normalized spacial score (nSPS) is 45.9. The van der Waals surface area contributed by atoms with Gasteiger partial charge >= 0.3 is 17.9 Å². The summed E-state index contributed by atoms with van der Waals surface area (Å²) in [6, 6.07) is 0. The van der Waals surface area contributed by atoms with E-state index in [2.05, 4.69) is 6.58 Å². The second-order valence-corrected chi connectivity index (χ2v) is 10.5. The van der Waals surface area contributed by atoms with Crippen LogP contribution in [0.5, 0.6) is 0 Å². The quantitative estimate of drug-likeness (QED) is 0.203. The second-order valence-electron chi connectivity index (χ2n) is 10.5. The first-order chi connectivity index (χ1) is 15.4. The minimum Gasteiger partial charge on any atom is -0.459 e. The first-order valence-electron chi connectivity index (χ1n) is 11.8. The summed E-state index contributed by atoms with van der Waals surface area (Å²) in [5.41, 5.74) is 0.578. The van der Waals surface area contributed by atoms with Gasteiger partial charge in [0.25, 0.3) is 0 Å². The van der Waals surface area contributed by atoms with Crippen LogP contribution in [-0.4, -0.2) is 59.6 Å². The summed E-state index contributed by atoms with van der Waals surface area (Å²) >= 11 is 0. The molecule has 3 heterocycles. The van der Waals surface area contributed by atoms with Gasteiger partial charge in [0.15, 0.2) is 11.7 Å². The van der Waals surface area contributed by atoms with Crippen LogP contribution in [0.3, 0.4) is 0 Å². The predicted molar refractivity (Wildman–Crippen MR) is 115 cm³/mol. The summed E-state index contributed by atoms with van der Waals surface area (Å²) in [6.45, 7) is 15.2. The maximum Gasteiger partial charge on any atom is 0.341 e. The van der Waals surface area contributed by atoms with Crippen LogP contribution in [0.25, 0.3) is 0 Å². The molecule has 10 atom stereocenters. The zero-order valence-electron chi connectivity index (χ0n) is 20.0. The van der Waals surface area contributed by atoms with Gasteiger partial charge in [-0.2, -0.15) is 0 Å². The zero-order chi connectivity index (χ0) is 24.0. The molecule has 0 unspecified atom stereocenters. The van der Waals surface area contributed by atoms with Crippen LogP contribution in [0.2, 0.25) is 0 Å². The van der Waals surface area contributed by atoms with Gasteiger partial charge in [-0.25, -0.2) is 9.59 Å². The lowest BCUT2D eigenvalue weighted by atomic mass is 9.80. The number of rotatable bonds is 5. The van der Waals surface area contributed by atoms with Crippen molar-refractivity contribution in [3.05, 3.63) is 23.3 Å². The fourth-order valence-corrected chi connectivity index (χ4v) is 5.83. The largest absolute Gasteiger partial charge is 0.459 e. The molecule has 3 aliphatic heterocycles. The van der Waals surface area contributed by atoms with Crippen LogP contribution in [0.4, 0.5) is 0 Å². The van der Waals surface area contributed by atoms with Crippen molar-refractivity contribution in [2.24, 2.45) is 17.8 Å². The molecule has 8 heteroatoms. The van der Waals surface area contributed by atoms with Crippen molar-refractivity contribution in [2.45, 2.75) is 96.1 Å². The van der Waals surface area contributed by atoms with Gasteiger partial charge in [-0.3, -0.25) is 4.79 Å². The third kappa shape index (κ3) is 3.13. The van der Waals surface area contributed by atoms with E-state index in [1.807, 2.05) is 34.6 Å². The standard InChI is InChI=1S/C25H32O8/c1-8-10(2)21(26)31-19-15-11(3)9-14(29-23(28)24(6)13(5)32-24)16-12(4)22(27)30-18(16)17(15)25(7)20(19)33-25/h10,13-14,16-20H,4,8-9H2,1-3,5-7H3/t10-,13-,14+,16+,17-,18-,19+,20+,24+,25-/m0/s1. The number of hydrogen-bond donors (Lipinski definition) is 0. The molecular formula is C25H32O8. The van der Waals surface area contributed by atoms with Gasteiger partial charge < -0.3 is 23.7 Å². The Morgan fingerprint density at radius 3 is 2.52 bits per heavy atom.